The monoisotopic (exact) mass is 222 g/mol. The average Bonchev–Trinajstić information content (AvgIpc) is 2.22. The SMILES string of the molecule is CCC(C)Oc1cc(F)c(F)c(F)c1F. The third-order valence-electron chi connectivity index (χ3n) is 1.97. The Balaban J connectivity index is 3.09. The molecule has 0 saturated carbocycles. The molecule has 0 amide bonds. The summed E-state index contributed by atoms with van der Waals surface area (Å²) in [5.41, 5.74) is 0. The largest absolute Gasteiger partial charge is 0.487 e. The van der Waals surface area contributed by atoms with Crippen molar-refractivity contribution >= 4 is 0 Å². The Morgan fingerprint density at radius 2 is 1.73 bits per heavy atom. The van der Waals surface area contributed by atoms with Crippen LogP contribution in [0.2, 0.25) is 0 Å². The Labute approximate surface area is 84.7 Å². The van der Waals surface area contributed by atoms with Crippen LogP contribution < -0.4 is 4.74 Å². The smallest absolute Gasteiger partial charge is 0.203 e. The summed E-state index contributed by atoms with van der Waals surface area (Å²) >= 11 is 0. The predicted octanol–water partition coefficient (Wildman–Crippen LogP) is 3.42. The lowest BCUT2D eigenvalue weighted by molar-refractivity contribution is 0.202. The Kier molecular flexibility index (Phi) is 3.55. The van der Waals surface area contributed by atoms with E-state index in [0.717, 1.165) is 0 Å². The molecule has 1 unspecified atom stereocenters. The van der Waals surface area contributed by atoms with E-state index in [-0.39, 0.29) is 0 Å². The quantitative estimate of drug-likeness (QED) is 0.432. The second-order valence-electron chi connectivity index (χ2n) is 3.14. The van der Waals surface area contributed by atoms with Gasteiger partial charge in [0.1, 0.15) is 0 Å². The Hall–Kier alpha value is -1.26. The number of halogens is 4. The fourth-order valence-corrected chi connectivity index (χ4v) is 0.937. The van der Waals surface area contributed by atoms with Crippen molar-refractivity contribution in [3.8, 4) is 5.75 Å². The molecule has 1 nitrogen and oxygen atoms in total. The van der Waals surface area contributed by atoms with E-state index < -0.39 is 35.1 Å². The molecule has 0 aliphatic heterocycles. The van der Waals surface area contributed by atoms with Crippen molar-refractivity contribution in [2.75, 3.05) is 0 Å². The first kappa shape index (κ1) is 11.8. The molecule has 84 valence electrons. The summed E-state index contributed by atoms with van der Waals surface area (Å²) in [4.78, 5) is 0. The third kappa shape index (κ3) is 2.40. The van der Waals surface area contributed by atoms with Gasteiger partial charge in [0.05, 0.1) is 6.10 Å². The lowest BCUT2D eigenvalue weighted by Gasteiger charge is -2.13. The van der Waals surface area contributed by atoms with E-state index in [0.29, 0.717) is 12.5 Å². The second-order valence-corrected chi connectivity index (χ2v) is 3.14. The van der Waals surface area contributed by atoms with Crippen LogP contribution >= 0.6 is 0 Å². The van der Waals surface area contributed by atoms with E-state index in [4.69, 9.17) is 4.74 Å². The normalized spacial score (nSPS) is 12.7. The highest BCUT2D eigenvalue weighted by Crippen LogP contribution is 2.25. The fraction of sp³-hybridized carbons (Fsp3) is 0.400. The van der Waals surface area contributed by atoms with Crippen molar-refractivity contribution in [1.29, 1.82) is 0 Å². The van der Waals surface area contributed by atoms with Gasteiger partial charge in [-0.2, -0.15) is 4.39 Å². The third-order valence-corrected chi connectivity index (χ3v) is 1.97. The van der Waals surface area contributed by atoms with Gasteiger partial charge in [0.2, 0.25) is 11.6 Å². The molecule has 0 aromatic heterocycles. The molecule has 1 rings (SSSR count). The molecule has 0 radical (unpaired) electrons. The van der Waals surface area contributed by atoms with E-state index in [1.807, 2.05) is 0 Å². The van der Waals surface area contributed by atoms with Crippen LogP contribution in [0.4, 0.5) is 17.6 Å². The van der Waals surface area contributed by atoms with E-state index in [2.05, 4.69) is 0 Å². The molecule has 1 aromatic rings. The van der Waals surface area contributed by atoms with Gasteiger partial charge in [0.15, 0.2) is 17.4 Å². The Bertz CT molecular complexity index is 365. The zero-order valence-electron chi connectivity index (χ0n) is 8.28. The van der Waals surface area contributed by atoms with E-state index in [9.17, 15) is 17.6 Å². The highest BCUT2D eigenvalue weighted by atomic mass is 19.2. The maximum Gasteiger partial charge on any atom is 0.203 e. The molecule has 1 atom stereocenters. The molecule has 0 fully saturated rings. The summed E-state index contributed by atoms with van der Waals surface area (Å²) in [5, 5.41) is 0. The number of hydrogen-bond acceptors (Lipinski definition) is 1. The molecule has 5 heteroatoms. The first-order chi connectivity index (χ1) is 6.97. The number of ether oxygens (including phenoxy) is 1. The van der Waals surface area contributed by atoms with Crippen molar-refractivity contribution in [3.63, 3.8) is 0 Å². The molecular formula is C10H10F4O. The van der Waals surface area contributed by atoms with E-state index >= 15 is 0 Å². The first-order valence-corrected chi connectivity index (χ1v) is 4.47. The predicted molar refractivity (Wildman–Crippen MR) is 46.7 cm³/mol. The van der Waals surface area contributed by atoms with Gasteiger partial charge in [-0.25, -0.2) is 13.2 Å². The standard InChI is InChI=1S/C10H10F4O/c1-3-5(2)15-7-4-6(11)8(12)10(14)9(7)13/h4-5H,3H2,1-2H3. The molecule has 0 aliphatic carbocycles. The molecule has 0 N–H and O–H groups in total. The lowest BCUT2D eigenvalue weighted by atomic mass is 10.2. The zero-order valence-corrected chi connectivity index (χ0v) is 8.28. The average molecular weight is 222 g/mol. The highest BCUT2D eigenvalue weighted by molar-refractivity contribution is 5.27. The maximum absolute atomic E-state index is 13.0. The fourth-order valence-electron chi connectivity index (χ4n) is 0.937. The van der Waals surface area contributed by atoms with Crippen LogP contribution in [0.5, 0.6) is 5.75 Å². The lowest BCUT2D eigenvalue weighted by Crippen LogP contribution is -2.12. The summed E-state index contributed by atoms with van der Waals surface area (Å²) in [6.07, 6.45) is 0.142. The minimum absolute atomic E-state index is 0.399. The molecule has 0 spiro atoms. The van der Waals surface area contributed by atoms with Gasteiger partial charge in [-0.15, -0.1) is 0 Å². The summed E-state index contributed by atoms with van der Waals surface area (Å²) in [6, 6.07) is 0.500. The molecule has 15 heavy (non-hydrogen) atoms. The van der Waals surface area contributed by atoms with Gasteiger partial charge in [0, 0.05) is 6.07 Å². The summed E-state index contributed by atoms with van der Waals surface area (Å²) in [6.45, 7) is 3.37. The molecule has 0 bridgehead atoms. The van der Waals surface area contributed by atoms with Crippen LogP contribution in [-0.2, 0) is 0 Å². The van der Waals surface area contributed by atoms with Crippen molar-refractivity contribution in [3.05, 3.63) is 29.3 Å². The number of hydrogen-bond donors (Lipinski definition) is 0. The Morgan fingerprint density at radius 3 is 2.27 bits per heavy atom. The van der Waals surface area contributed by atoms with Crippen molar-refractivity contribution < 1.29 is 22.3 Å². The molecule has 0 heterocycles. The molecular weight excluding hydrogens is 212 g/mol. The second kappa shape index (κ2) is 4.51. The van der Waals surface area contributed by atoms with Crippen molar-refractivity contribution in [2.45, 2.75) is 26.4 Å². The van der Waals surface area contributed by atoms with Crippen molar-refractivity contribution in [2.24, 2.45) is 0 Å². The van der Waals surface area contributed by atoms with Crippen molar-refractivity contribution in [1.82, 2.24) is 0 Å². The van der Waals surface area contributed by atoms with E-state index in [1.165, 1.54) is 0 Å². The number of rotatable bonds is 3. The minimum atomic E-state index is -1.85. The maximum atomic E-state index is 13.0. The molecule has 1 aromatic carbocycles. The van der Waals surface area contributed by atoms with Gasteiger partial charge < -0.3 is 4.74 Å². The zero-order chi connectivity index (χ0) is 11.6. The molecule has 0 aliphatic rings. The van der Waals surface area contributed by atoms with Crippen LogP contribution in [0.3, 0.4) is 0 Å². The molecule has 0 saturated heterocycles. The Morgan fingerprint density at radius 1 is 1.13 bits per heavy atom. The van der Waals surface area contributed by atoms with Crippen LogP contribution in [0, 0.1) is 23.3 Å². The van der Waals surface area contributed by atoms with Gasteiger partial charge in [-0.1, -0.05) is 6.92 Å². The summed E-state index contributed by atoms with van der Waals surface area (Å²) in [5.74, 6) is -7.26. The van der Waals surface area contributed by atoms with Crippen LogP contribution in [0.15, 0.2) is 6.07 Å². The topological polar surface area (TPSA) is 9.23 Å². The van der Waals surface area contributed by atoms with Gasteiger partial charge in [-0.05, 0) is 13.3 Å². The van der Waals surface area contributed by atoms with Crippen LogP contribution in [-0.4, -0.2) is 6.10 Å². The van der Waals surface area contributed by atoms with Crippen LogP contribution in [0.25, 0.3) is 0 Å². The summed E-state index contributed by atoms with van der Waals surface area (Å²) < 4.78 is 55.9. The van der Waals surface area contributed by atoms with Gasteiger partial charge in [-0.3, -0.25) is 0 Å². The number of benzene rings is 1. The summed E-state index contributed by atoms with van der Waals surface area (Å²) in [7, 11) is 0. The minimum Gasteiger partial charge on any atom is -0.487 e. The highest BCUT2D eigenvalue weighted by Gasteiger charge is 2.20. The van der Waals surface area contributed by atoms with E-state index in [1.54, 1.807) is 13.8 Å². The van der Waals surface area contributed by atoms with Gasteiger partial charge in [0.25, 0.3) is 0 Å². The van der Waals surface area contributed by atoms with Gasteiger partial charge >= 0.3 is 0 Å². The van der Waals surface area contributed by atoms with Crippen LogP contribution in [0.1, 0.15) is 20.3 Å². The first-order valence-electron chi connectivity index (χ1n) is 4.47.